The van der Waals surface area contributed by atoms with Gasteiger partial charge in [-0.1, -0.05) is 0 Å². The summed E-state index contributed by atoms with van der Waals surface area (Å²) in [6, 6.07) is 9.07. The van der Waals surface area contributed by atoms with Crippen LogP contribution in [0.1, 0.15) is 18.1 Å². The summed E-state index contributed by atoms with van der Waals surface area (Å²) in [4.78, 5) is 0. The van der Waals surface area contributed by atoms with Crippen LogP contribution in [0.15, 0.2) is 36.7 Å². The predicted octanol–water partition coefficient (Wildman–Crippen LogP) is 1.48. The van der Waals surface area contributed by atoms with Crippen LogP contribution < -0.4 is 10.1 Å². The number of hydrogen-bond acceptors (Lipinski definition) is 5. The monoisotopic (exact) mass is 314 g/mol. The smallest absolute Gasteiger partial charge is 0.119 e. The lowest BCUT2D eigenvalue weighted by Crippen LogP contribution is -2.38. The van der Waals surface area contributed by atoms with Crippen molar-refractivity contribution in [2.45, 2.75) is 32.5 Å². The second-order valence-electron chi connectivity index (χ2n) is 5.65. The lowest BCUT2D eigenvalue weighted by Gasteiger charge is -2.17. The summed E-state index contributed by atoms with van der Waals surface area (Å²) >= 11 is 0. The van der Waals surface area contributed by atoms with Crippen molar-refractivity contribution in [3.8, 4) is 11.8 Å². The number of nitrogens with zero attached hydrogens (tertiary/aromatic N) is 3. The van der Waals surface area contributed by atoms with Gasteiger partial charge in [0.05, 0.1) is 24.4 Å². The summed E-state index contributed by atoms with van der Waals surface area (Å²) in [5.74, 6) is 0.642. The Balaban J connectivity index is 1.67. The molecule has 6 nitrogen and oxygen atoms in total. The molecule has 0 radical (unpaired) electrons. The summed E-state index contributed by atoms with van der Waals surface area (Å²) in [6.07, 6.45) is 3.21. The standard InChI is InChI=1S/C17H22N4O2/c1-13-8-20-21(10-13)11-14(2)19-9-16(22)12-23-17-5-3-15(7-18)4-6-17/h3-6,8,10,14,16,19,22H,9,11-12H2,1-2H3/t14-,16-/m0/s1. The van der Waals surface area contributed by atoms with Gasteiger partial charge in [0.25, 0.3) is 0 Å². The molecule has 0 saturated carbocycles. The van der Waals surface area contributed by atoms with E-state index in [9.17, 15) is 5.11 Å². The normalized spacial score (nSPS) is 13.3. The van der Waals surface area contributed by atoms with Crippen LogP contribution in [0.5, 0.6) is 5.75 Å². The molecule has 1 aromatic carbocycles. The zero-order valence-corrected chi connectivity index (χ0v) is 13.4. The van der Waals surface area contributed by atoms with Gasteiger partial charge in [0.15, 0.2) is 0 Å². The van der Waals surface area contributed by atoms with Crippen molar-refractivity contribution in [1.82, 2.24) is 15.1 Å². The topological polar surface area (TPSA) is 83.1 Å². The first-order valence-electron chi connectivity index (χ1n) is 7.60. The van der Waals surface area contributed by atoms with Gasteiger partial charge >= 0.3 is 0 Å². The van der Waals surface area contributed by atoms with E-state index in [1.807, 2.05) is 30.9 Å². The number of nitrogens with one attached hydrogen (secondary N) is 1. The van der Waals surface area contributed by atoms with Gasteiger partial charge in [0.2, 0.25) is 0 Å². The van der Waals surface area contributed by atoms with E-state index in [1.54, 1.807) is 24.3 Å². The van der Waals surface area contributed by atoms with E-state index < -0.39 is 6.10 Å². The van der Waals surface area contributed by atoms with Gasteiger partial charge in [0.1, 0.15) is 18.5 Å². The molecule has 122 valence electrons. The fourth-order valence-corrected chi connectivity index (χ4v) is 2.13. The number of ether oxygens (including phenoxy) is 1. The van der Waals surface area contributed by atoms with E-state index in [1.165, 1.54) is 0 Å². The molecule has 6 heteroatoms. The van der Waals surface area contributed by atoms with Gasteiger partial charge in [-0.2, -0.15) is 10.4 Å². The van der Waals surface area contributed by atoms with Crippen molar-refractivity contribution in [2.24, 2.45) is 0 Å². The molecule has 0 amide bonds. The quantitative estimate of drug-likeness (QED) is 0.771. The summed E-state index contributed by atoms with van der Waals surface area (Å²) < 4.78 is 7.39. The maximum atomic E-state index is 9.97. The van der Waals surface area contributed by atoms with Gasteiger partial charge in [-0.3, -0.25) is 4.68 Å². The molecular formula is C17H22N4O2. The minimum atomic E-state index is -0.604. The van der Waals surface area contributed by atoms with Crippen molar-refractivity contribution < 1.29 is 9.84 Å². The number of nitriles is 1. The first-order valence-corrected chi connectivity index (χ1v) is 7.60. The molecule has 2 atom stereocenters. The second kappa shape index (κ2) is 8.32. The molecule has 0 aliphatic rings. The van der Waals surface area contributed by atoms with Crippen molar-refractivity contribution in [3.05, 3.63) is 47.8 Å². The Morgan fingerprint density at radius 1 is 1.39 bits per heavy atom. The first-order chi connectivity index (χ1) is 11.1. The molecule has 0 unspecified atom stereocenters. The Morgan fingerprint density at radius 3 is 2.74 bits per heavy atom. The molecule has 2 aromatic rings. The molecule has 0 saturated heterocycles. The minimum absolute atomic E-state index is 0.193. The van der Waals surface area contributed by atoms with Gasteiger partial charge in [-0.15, -0.1) is 0 Å². The lowest BCUT2D eigenvalue weighted by atomic mass is 10.2. The third-order valence-corrected chi connectivity index (χ3v) is 3.35. The van der Waals surface area contributed by atoms with E-state index >= 15 is 0 Å². The Hall–Kier alpha value is -2.36. The van der Waals surface area contributed by atoms with E-state index in [-0.39, 0.29) is 12.6 Å². The first kappa shape index (κ1) is 17.0. The van der Waals surface area contributed by atoms with Gasteiger partial charge < -0.3 is 15.2 Å². The summed E-state index contributed by atoms with van der Waals surface area (Å²) in [5.41, 5.74) is 1.72. The number of hydrogen-bond donors (Lipinski definition) is 2. The molecular weight excluding hydrogens is 292 g/mol. The summed E-state index contributed by atoms with van der Waals surface area (Å²) in [6.45, 7) is 5.44. The van der Waals surface area contributed by atoms with Crippen LogP contribution in [0.4, 0.5) is 0 Å². The minimum Gasteiger partial charge on any atom is -0.491 e. The molecule has 2 rings (SSSR count). The number of aliphatic hydroxyl groups is 1. The highest BCUT2D eigenvalue weighted by molar-refractivity contribution is 5.34. The van der Waals surface area contributed by atoms with Crippen molar-refractivity contribution in [2.75, 3.05) is 13.2 Å². The Labute approximate surface area is 136 Å². The lowest BCUT2D eigenvalue weighted by molar-refractivity contribution is 0.103. The van der Waals surface area contributed by atoms with Crippen LogP contribution in [0.25, 0.3) is 0 Å². The number of rotatable bonds is 8. The average Bonchev–Trinajstić information content (AvgIpc) is 2.96. The van der Waals surface area contributed by atoms with E-state index in [4.69, 9.17) is 10.00 Å². The van der Waals surface area contributed by atoms with Crippen molar-refractivity contribution in [1.29, 1.82) is 5.26 Å². The van der Waals surface area contributed by atoms with Crippen LogP contribution in [0.3, 0.4) is 0 Å². The summed E-state index contributed by atoms with van der Waals surface area (Å²) in [5, 5.41) is 26.2. The Kier molecular flexibility index (Phi) is 6.15. The molecule has 0 fully saturated rings. The molecule has 1 heterocycles. The third kappa shape index (κ3) is 5.74. The van der Waals surface area contributed by atoms with Crippen LogP contribution in [-0.2, 0) is 6.54 Å². The zero-order valence-electron chi connectivity index (χ0n) is 13.4. The fraction of sp³-hybridized carbons (Fsp3) is 0.412. The largest absolute Gasteiger partial charge is 0.491 e. The highest BCUT2D eigenvalue weighted by atomic mass is 16.5. The average molecular weight is 314 g/mol. The number of benzene rings is 1. The predicted molar refractivity (Wildman–Crippen MR) is 87.1 cm³/mol. The van der Waals surface area contributed by atoms with E-state index in [0.717, 1.165) is 12.1 Å². The molecule has 2 N–H and O–H groups in total. The highest BCUT2D eigenvalue weighted by Gasteiger charge is 2.09. The molecule has 0 spiro atoms. The fourth-order valence-electron chi connectivity index (χ4n) is 2.13. The van der Waals surface area contributed by atoms with Crippen molar-refractivity contribution in [3.63, 3.8) is 0 Å². The van der Waals surface area contributed by atoms with Gasteiger partial charge in [-0.05, 0) is 43.7 Å². The number of aliphatic hydroxyl groups excluding tert-OH is 1. The van der Waals surface area contributed by atoms with Crippen LogP contribution in [-0.4, -0.2) is 40.2 Å². The van der Waals surface area contributed by atoms with Gasteiger partial charge in [-0.25, -0.2) is 0 Å². The van der Waals surface area contributed by atoms with Crippen LogP contribution in [0.2, 0.25) is 0 Å². The number of aromatic nitrogens is 2. The molecule has 23 heavy (non-hydrogen) atoms. The molecule has 0 aliphatic carbocycles. The Morgan fingerprint density at radius 2 is 2.13 bits per heavy atom. The van der Waals surface area contributed by atoms with Crippen molar-refractivity contribution >= 4 is 0 Å². The van der Waals surface area contributed by atoms with E-state index in [0.29, 0.717) is 17.9 Å². The SMILES string of the molecule is Cc1cnn(C[C@H](C)NC[C@H](O)COc2ccc(C#N)cc2)c1. The van der Waals surface area contributed by atoms with E-state index in [2.05, 4.69) is 16.5 Å². The third-order valence-electron chi connectivity index (χ3n) is 3.35. The molecule has 0 bridgehead atoms. The molecule has 1 aromatic heterocycles. The molecule has 0 aliphatic heterocycles. The van der Waals surface area contributed by atoms with Gasteiger partial charge in [0, 0.05) is 18.8 Å². The zero-order chi connectivity index (χ0) is 16.7. The maximum absolute atomic E-state index is 9.97. The second-order valence-corrected chi connectivity index (χ2v) is 5.65. The summed E-state index contributed by atoms with van der Waals surface area (Å²) in [7, 11) is 0. The number of aryl methyl sites for hydroxylation is 1. The van der Waals surface area contributed by atoms with Crippen LogP contribution >= 0.6 is 0 Å². The highest BCUT2D eigenvalue weighted by Crippen LogP contribution is 2.11. The Bertz CT molecular complexity index is 645. The maximum Gasteiger partial charge on any atom is 0.119 e. The van der Waals surface area contributed by atoms with Crippen LogP contribution in [0, 0.1) is 18.3 Å².